The van der Waals surface area contributed by atoms with Crippen molar-refractivity contribution in [3.63, 3.8) is 0 Å². The molecule has 0 fully saturated rings. The fourth-order valence-electron chi connectivity index (χ4n) is 3.32. The van der Waals surface area contributed by atoms with Gasteiger partial charge in [-0.3, -0.25) is 9.10 Å². The quantitative estimate of drug-likeness (QED) is 0.522. The van der Waals surface area contributed by atoms with Crippen LogP contribution in [-0.2, 0) is 14.8 Å². The van der Waals surface area contributed by atoms with Gasteiger partial charge in [0.15, 0.2) is 0 Å². The van der Waals surface area contributed by atoms with E-state index < -0.39 is 16.1 Å². The second kappa shape index (κ2) is 10.9. The average Bonchev–Trinajstić information content (AvgIpc) is 2.70. The number of ether oxygens (including phenoxy) is 1. The van der Waals surface area contributed by atoms with Gasteiger partial charge >= 0.3 is 0 Å². The zero-order chi connectivity index (χ0) is 23.2. The molecule has 0 aliphatic rings. The molecule has 0 saturated carbocycles. The number of rotatable bonds is 10. The summed E-state index contributed by atoms with van der Waals surface area (Å²) in [7, 11) is -3.71. The second-order valence-corrected chi connectivity index (χ2v) is 10.0. The maximum absolute atomic E-state index is 12.9. The van der Waals surface area contributed by atoms with Crippen LogP contribution in [0, 0.1) is 6.92 Å². The van der Waals surface area contributed by atoms with E-state index in [-0.39, 0.29) is 19.1 Å². The van der Waals surface area contributed by atoms with Crippen LogP contribution in [-0.4, -0.2) is 39.8 Å². The molecule has 0 heterocycles. The number of benzene rings is 2. The number of para-hydroxylation sites is 1. The summed E-state index contributed by atoms with van der Waals surface area (Å²) in [4.78, 5) is 12.9. The lowest BCUT2D eigenvalue weighted by atomic mass is 10.0. The minimum atomic E-state index is -3.71. The highest BCUT2D eigenvalue weighted by Crippen LogP contribution is 2.28. The van der Waals surface area contributed by atoms with Crippen molar-refractivity contribution in [2.75, 3.05) is 23.7 Å². The summed E-state index contributed by atoms with van der Waals surface area (Å²) < 4.78 is 32.0. The Hall–Kier alpha value is -2.25. The largest absolute Gasteiger partial charge is 0.491 e. The van der Waals surface area contributed by atoms with Crippen LogP contribution in [0.2, 0.25) is 5.02 Å². The molecule has 0 aliphatic carbocycles. The van der Waals surface area contributed by atoms with E-state index in [9.17, 15) is 13.2 Å². The second-order valence-electron chi connectivity index (χ2n) is 7.75. The fourth-order valence-corrected chi connectivity index (χ4v) is 4.70. The number of halogens is 1. The van der Waals surface area contributed by atoms with Gasteiger partial charge in [0.25, 0.3) is 0 Å². The average molecular weight is 467 g/mol. The first kappa shape index (κ1) is 25.0. The minimum Gasteiger partial charge on any atom is -0.491 e. The van der Waals surface area contributed by atoms with Gasteiger partial charge in [0.1, 0.15) is 18.4 Å². The van der Waals surface area contributed by atoms with Crippen LogP contribution in [0.25, 0.3) is 0 Å². The molecule has 1 atom stereocenters. The molecule has 8 heteroatoms. The molecule has 170 valence electrons. The maximum atomic E-state index is 12.9. The monoisotopic (exact) mass is 466 g/mol. The zero-order valence-corrected chi connectivity index (χ0v) is 20.3. The van der Waals surface area contributed by atoms with E-state index in [0.717, 1.165) is 27.4 Å². The Balaban J connectivity index is 2.09. The summed E-state index contributed by atoms with van der Waals surface area (Å²) in [6.07, 6.45) is 1.39. The van der Waals surface area contributed by atoms with Crippen LogP contribution >= 0.6 is 11.6 Å². The molecule has 31 heavy (non-hydrogen) atoms. The van der Waals surface area contributed by atoms with Crippen LogP contribution in [0.1, 0.15) is 44.2 Å². The Labute approximate surface area is 190 Å². The van der Waals surface area contributed by atoms with Gasteiger partial charge in [-0.05, 0) is 48.6 Å². The van der Waals surface area contributed by atoms with Crippen LogP contribution in [0.5, 0.6) is 5.75 Å². The van der Waals surface area contributed by atoms with Crippen molar-refractivity contribution < 1.29 is 17.9 Å². The Kier molecular flexibility index (Phi) is 8.77. The molecule has 0 aromatic heterocycles. The molecule has 2 rings (SSSR count). The third-order valence-corrected chi connectivity index (χ3v) is 6.53. The van der Waals surface area contributed by atoms with Crippen LogP contribution < -0.4 is 14.4 Å². The molecule has 6 nitrogen and oxygen atoms in total. The van der Waals surface area contributed by atoms with E-state index in [1.54, 1.807) is 25.1 Å². The van der Waals surface area contributed by atoms with Crippen LogP contribution in [0.15, 0.2) is 42.5 Å². The number of aryl methyl sites for hydroxylation is 1. The van der Waals surface area contributed by atoms with Crippen molar-refractivity contribution in [1.29, 1.82) is 0 Å². The Bertz CT molecular complexity index is 1010. The summed E-state index contributed by atoms with van der Waals surface area (Å²) in [5.41, 5.74) is 2.29. The van der Waals surface area contributed by atoms with Crippen LogP contribution in [0.3, 0.4) is 0 Å². The number of nitrogens with zero attached hydrogens (tertiary/aromatic N) is 1. The van der Waals surface area contributed by atoms with Gasteiger partial charge in [-0.15, -0.1) is 0 Å². The summed E-state index contributed by atoms with van der Waals surface area (Å²) in [5.74, 6) is 0.719. The van der Waals surface area contributed by atoms with Gasteiger partial charge in [0.05, 0.1) is 18.5 Å². The summed E-state index contributed by atoms with van der Waals surface area (Å²) >= 11 is 6.19. The van der Waals surface area contributed by atoms with Crippen molar-refractivity contribution in [3.8, 4) is 5.75 Å². The molecule has 0 bridgehead atoms. The van der Waals surface area contributed by atoms with Gasteiger partial charge in [-0.2, -0.15) is 0 Å². The lowest BCUT2D eigenvalue weighted by Gasteiger charge is -2.30. The van der Waals surface area contributed by atoms with Crippen LogP contribution in [0.4, 0.5) is 5.69 Å². The third-order valence-electron chi connectivity index (χ3n) is 4.94. The molecule has 0 spiro atoms. The molecule has 0 radical (unpaired) electrons. The highest BCUT2D eigenvalue weighted by molar-refractivity contribution is 7.92. The van der Waals surface area contributed by atoms with Crippen molar-refractivity contribution in [3.05, 3.63) is 58.6 Å². The summed E-state index contributed by atoms with van der Waals surface area (Å²) in [6.45, 7) is 8.32. The predicted octanol–water partition coefficient (Wildman–Crippen LogP) is 4.51. The molecular weight excluding hydrogens is 436 g/mol. The van der Waals surface area contributed by atoms with E-state index in [2.05, 4.69) is 19.2 Å². The summed E-state index contributed by atoms with van der Waals surface area (Å²) in [5, 5.41) is 3.24. The first-order valence-electron chi connectivity index (χ1n) is 10.3. The molecule has 2 aromatic carbocycles. The van der Waals surface area contributed by atoms with E-state index in [0.29, 0.717) is 23.0 Å². The van der Waals surface area contributed by atoms with E-state index in [4.69, 9.17) is 16.3 Å². The molecular formula is C23H31ClN2O4S. The molecule has 1 amide bonds. The Morgan fingerprint density at radius 3 is 2.45 bits per heavy atom. The first-order chi connectivity index (χ1) is 14.6. The highest BCUT2D eigenvalue weighted by Gasteiger charge is 2.31. The van der Waals surface area contributed by atoms with E-state index in [1.165, 1.54) is 0 Å². The number of hydrogen-bond donors (Lipinski definition) is 1. The maximum Gasteiger partial charge on any atom is 0.244 e. The summed E-state index contributed by atoms with van der Waals surface area (Å²) in [6, 6.07) is 11.9. The standard InChI is InChI=1S/C23H31ClN2O4S/c1-6-21(26(31(5,28)29)18-12-11-17(4)20(24)15-18)23(27)25-13-14-30-22-10-8-7-9-19(22)16(2)3/h7-12,15-16,21H,6,13-14H2,1-5H3,(H,25,27)/t21-/m0/s1. The molecule has 0 saturated heterocycles. The number of carbonyl (C=O) groups excluding carboxylic acids is 1. The van der Waals surface area contributed by atoms with Crippen molar-refractivity contribution in [2.45, 2.75) is 46.1 Å². The fraction of sp³-hybridized carbons (Fsp3) is 0.435. The van der Waals surface area contributed by atoms with E-state index in [1.807, 2.05) is 31.2 Å². The number of sulfonamides is 1. The molecule has 2 aromatic rings. The zero-order valence-electron chi connectivity index (χ0n) is 18.7. The highest BCUT2D eigenvalue weighted by atomic mass is 35.5. The molecule has 0 aliphatic heterocycles. The third kappa shape index (κ3) is 6.61. The normalized spacial score (nSPS) is 12.5. The molecule has 0 unspecified atom stereocenters. The topological polar surface area (TPSA) is 75.7 Å². The van der Waals surface area contributed by atoms with Gasteiger partial charge in [-0.1, -0.05) is 56.6 Å². The Morgan fingerprint density at radius 2 is 1.87 bits per heavy atom. The number of hydrogen-bond acceptors (Lipinski definition) is 4. The van der Waals surface area contributed by atoms with Gasteiger partial charge in [0, 0.05) is 5.02 Å². The van der Waals surface area contributed by atoms with Crippen molar-refractivity contribution in [1.82, 2.24) is 5.32 Å². The lowest BCUT2D eigenvalue weighted by Crippen LogP contribution is -2.50. The SMILES string of the molecule is CC[C@@H](C(=O)NCCOc1ccccc1C(C)C)N(c1ccc(C)c(Cl)c1)S(C)(=O)=O. The van der Waals surface area contributed by atoms with E-state index >= 15 is 0 Å². The minimum absolute atomic E-state index is 0.258. The van der Waals surface area contributed by atoms with Gasteiger partial charge in [0.2, 0.25) is 15.9 Å². The number of anilines is 1. The lowest BCUT2D eigenvalue weighted by molar-refractivity contribution is -0.122. The Morgan fingerprint density at radius 1 is 1.19 bits per heavy atom. The first-order valence-corrected chi connectivity index (χ1v) is 12.5. The number of amides is 1. The predicted molar refractivity (Wildman–Crippen MR) is 127 cm³/mol. The van der Waals surface area contributed by atoms with Gasteiger partial charge in [-0.25, -0.2) is 8.42 Å². The van der Waals surface area contributed by atoms with Crippen molar-refractivity contribution >= 4 is 33.2 Å². The molecule has 1 N–H and O–H groups in total. The smallest absolute Gasteiger partial charge is 0.244 e. The number of nitrogens with one attached hydrogen (secondary N) is 1. The number of carbonyl (C=O) groups is 1. The van der Waals surface area contributed by atoms with Crippen molar-refractivity contribution in [2.24, 2.45) is 0 Å². The van der Waals surface area contributed by atoms with Gasteiger partial charge < -0.3 is 10.1 Å².